The molecule has 0 radical (unpaired) electrons. The zero-order chi connectivity index (χ0) is 23.6. The fourth-order valence-electron chi connectivity index (χ4n) is 4.85. The van der Waals surface area contributed by atoms with Crippen LogP contribution in [0.25, 0.3) is 11.3 Å². The van der Waals surface area contributed by atoms with Crippen molar-refractivity contribution in [2.45, 2.75) is 44.3 Å². The minimum absolute atomic E-state index is 0.00474. The van der Waals surface area contributed by atoms with Crippen molar-refractivity contribution in [3.8, 4) is 11.3 Å². The van der Waals surface area contributed by atoms with Gasteiger partial charge in [0.15, 0.2) is 11.6 Å². The summed E-state index contributed by atoms with van der Waals surface area (Å²) in [6.07, 6.45) is 5.86. The molecule has 1 amide bonds. The number of ether oxygens (including phenoxy) is 1. The summed E-state index contributed by atoms with van der Waals surface area (Å²) < 4.78 is 45.2. The molecule has 0 saturated heterocycles. The number of aromatic amines is 1. The molecule has 34 heavy (non-hydrogen) atoms. The van der Waals surface area contributed by atoms with Gasteiger partial charge in [-0.1, -0.05) is 0 Å². The maximum absolute atomic E-state index is 15.9. The summed E-state index contributed by atoms with van der Waals surface area (Å²) in [5, 5.41) is 5.57. The molecule has 1 saturated carbocycles. The molecule has 0 aromatic carbocycles. The zero-order valence-electron chi connectivity index (χ0n) is 17.6. The third-order valence-corrected chi connectivity index (χ3v) is 6.91. The van der Waals surface area contributed by atoms with Gasteiger partial charge in [0, 0.05) is 41.2 Å². The summed E-state index contributed by atoms with van der Waals surface area (Å²) in [5.74, 6) is -0.929. The Hall–Kier alpha value is -3.18. The molecule has 6 rings (SSSR count). The van der Waals surface area contributed by atoms with Crippen LogP contribution in [-0.2, 0) is 29.6 Å². The van der Waals surface area contributed by atoms with Gasteiger partial charge in [0.2, 0.25) is 5.28 Å². The average molecular weight is 491 g/mol. The molecule has 0 unspecified atom stereocenters. The molecule has 2 aliphatic carbocycles. The molecule has 3 aromatic rings. The monoisotopic (exact) mass is 490 g/mol. The minimum Gasteiger partial charge on any atom is -0.357 e. The number of fused-ring (bicyclic) bond motifs is 6. The van der Waals surface area contributed by atoms with Crippen molar-refractivity contribution >= 4 is 29.1 Å². The van der Waals surface area contributed by atoms with Gasteiger partial charge in [-0.25, -0.2) is 19.3 Å². The first kappa shape index (κ1) is 21.4. The van der Waals surface area contributed by atoms with Crippen molar-refractivity contribution in [1.29, 1.82) is 0 Å². The number of amides is 1. The predicted molar refractivity (Wildman–Crippen MR) is 116 cm³/mol. The van der Waals surface area contributed by atoms with E-state index in [1.807, 2.05) is 0 Å². The lowest BCUT2D eigenvalue weighted by molar-refractivity contribution is -0.137. The fourth-order valence-corrected chi connectivity index (χ4v) is 4.98. The number of alkyl halides is 2. The number of carbonyl (C=O) groups is 1. The fraction of sp³-hybridized carbons (Fsp3) is 0.364. The van der Waals surface area contributed by atoms with Crippen molar-refractivity contribution in [1.82, 2.24) is 25.3 Å². The van der Waals surface area contributed by atoms with E-state index in [9.17, 15) is 13.6 Å². The van der Waals surface area contributed by atoms with Crippen LogP contribution in [0, 0.1) is 5.82 Å². The smallest absolute Gasteiger partial charge is 0.345 e. The Bertz CT molecular complexity index is 1340. The summed E-state index contributed by atoms with van der Waals surface area (Å²) >= 11 is 5.86. The van der Waals surface area contributed by atoms with Crippen LogP contribution in [0.1, 0.15) is 45.6 Å². The lowest BCUT2D eigenvalue weighted by Gasteiger charge is -2.23. The number of nitrogens with one attached hydrogen (secondary N) is 3. The Labute approximate surface area is 196 Å². The van der Waals surface area contributed by atoms with E-state index in [1.165, 1.54) is 6.20 Å². The molecule has 0 atom stereocenters. The van der Waals surface area contributed by atoms with Gasteiger partial charge in [0.1, 0.15) is 5.82 Å². The number of rotatable bonds is 5. The maximum Gasteiger partial charge on any atom is 0.345 e. The van der Waals surface area contributed by atoms with Gasteiger partial charge in [-0.15, -0.1) is 0 Å². The second-order valence-corrected chi connectivity index (χ2v) is 9.06. The zero-order valence-corrected chi connectivity index (χ0v) is 18.4. The second kappa shape index (κ2) is 7.67. The van der Waals surface area contributed by atoms with Crippen molar-refractivity contribution in [3.63, 3.8) is 0 Å². The normalized spacial score (nSPS) is 17.3. The highest BCUT2D eigenvalue weighted by atomic mass is 35.5. The first-order valence-electron chi connectivity index (χ1n) is 10.8. The van der Waals surface area contributed by atoms with Crippen molar-refractivity contribution in [2.24, 2.45) is 0 Å². The highest BCUT2D eigenvalue weighted by molar-refractivity contribution is 6.28. The van der Waals surface area contributed by atoms with Crippen LogP contribution >= 0.6 is 11.6 Å². The topological polar surface area (TPSA) is 105 Å². The Balaban J connectivity index is 1.42. The number of halogens is 4. The first-order valence-corrected chi connectivity index (χ1v) is 11.1. The van der Waals surface area contributed by atoms with Gasteiger partial charge in [-0.3, -0.25) is 4.79 Å². The van der Waals surface area contributed by atoms with Crippen LogP contribution in [0.2, 0.25) is 5.28 Å². The lowest BCUT2D eigenvalue weighted by atomic mass is 9.86. The summed E-state index contributed by atoms with van der Waals surface area (Å²) in [6.45, 7) is -2.92. The number of H-pyrrole nitrogens is 1. The predicted octanol–water partition coefficient (Wildman–Crippen LogP) is 4.02. The number of carbonyl (C=O) groups excluding carboxylic acids is 1. The molecular formula is C22H18ClF3N6O2. The highest BCUT2D eigenvalue weighted by Gasteiger charge is 2.51. The summed E-state index contributed by atoms with van der Waals surface area (Å²) in [4.78, 5) is 28.0. The SMILES string of the molecule is O=C1NCC2(CC2)c2[nH]c3c(c21)CCc1cnc(Nc2nc(Cl)ncc2COC(F)F)c(F)c1-3. The van der Waals surface area contributed by atoms with Gasteiger partial charge in [0.25, 0.3) is 5.91 Å². The molecule has 176 valence electrons. The number of anilines is 2. The number of hydrogen-bond donors (Lipinski definition) is 3. The third-order valence-electron chi connectivity index (χ3n) is 6.73. The van der Waals surface area contributed by atoms with E-state index in [-0.39, 0.29) is 33.8 Å². The van der Waals surface area contributed by atoms with Crippen LogP contribution in [0.15, 0.2) is 12.4 Å². The van der Waals surface area contributed by atoms with Crippen LogP contribution in [-0.4, -0.2) is 39.0 Å². The van der Waals surface area contributed by atoms with Gasteiger partial charge in [-0.2, -0.15) is 8.78 Å². The molecule has 3 aromatic heterocycles. The van der Waals surface area contributed by atoms with Crippen LogP contribution in [0.4, 0.5) is 24.8 Å². The van der Waals surface area contributed by atoms with Crippen molar-refractivity contribution in [2.75, 3.05) is 11.9 Å². The van der Waals surface area contributed by atoms with Gasteiger partial charge >= 0.3 is 6.61 Å². The van der Waals surface area contributed by atoms with Crippen molar-refractivity contribution in [3.05, 3.63) is 51.4 Å². The molecule has 3 N–H and O–H groups in total. The van der Waals surface area contributed by atoms with Crippen LogP contribution in [0.3, 0.4) is 0 Å². The second-order valence-electron chi connectivity index (χ2n) is 8.72. The molecule has 3 aliphatic rings. The summed E-state index contributed by atoms with van der Waals surface area (Å²) in [6, 6.07) is 0. The standard InChI is InChI=1S/C22H18ClF3N6O2/c23-20-28-6-10(7-34-21(25)26)17(32-20)31-18-14(24)12-9(5-27-18)1-2-11-13-16(30-15(11)12)22(3-4-22)8-29-19(13)33/h5-6,21,30H,1-4,7-8H2,(H,29,33)(H,27,28,31,32). The number of nitrogens with zero attached hydrogens (tertiary/aromatic N) is 3. The Morgan fingerprint density at radius 2 is 2.00 bits per heavy atom. The van der Waals surface area contributed by atoms with Gasteiger partial charge in [-0.05, 0) is 48.4 Å². The summed E-state index contributed by atoms with van der Waals surface area (Å²) in [5.41, 5.74) is 4.01. The molecule has 8 nitrogen and oxygen atoms in total. The van der Waals surface area contributed by atoms with Gasteiger partial charge in [0.05, 0.1) is 17.9 Å². The van der Waals surface area contributed by atoms with Gasteiger partial charge < -0.3 is 20.4 Å². The molecule has 0 bridgehead atoms. The maximum atomic E-state index is 15.9. The first-order chi connectivity index (χ1) is 16.4. The van der Waals surface area contributed by atoms with E-state index in [0.717, 1.165) is 24.1 Å². The third kappa shape index (κ3) is 3.33. The quantitative estimate of drug-likeness (QED) is 0.467. The van der Waals surface area contributed by atoms with E-state index >= 15 is 4.39 Å². The number of pyridine rings is 1. The number of aryl methyl sites for hydroxylation is 1. The molecule has 1 spiro atoms. The van der Waals surface area contributed by atoms with E-state index in [0.29, 0.717) is 41.8 Å². The van der Waals surface area contributed by atoms with Crippen molar-refractivity contribution < 1.29 is 22.7 Å². The molecule has 12 heteroatoms. The van der Waals surface area contributed by atoms with E-state index in [4.69, 9.17) is 11.6 Å². The largest absolute Gasteiger partial charge is 0.357 e. The lowest BCUT2D eigenvalue weighted by Crippen LogP contribution is -2.39. The van der Waals surface area contributed by atoms with E-state index in [2.05, 4.69) is 35.3 Å². The van der Waals surface area contributed by atoms with Crippen LogP contribution < -0.4 is 10.6 Å². The van der Waals surface area contributed by atoms with Crippen LogP contribution in [0.5, 0.6) is 0 Å². The van der Waals surface area contributed by atoms with E-state index < -0.39 is 19.0 Å². The molecule has 1 fully saturated rings. The minimum atomic E-state index is -2.99. The summed E-state index contributed by atoms with van der Waals surface area (Å²) in [7, 11) is 0. The Kier molecular flexibility index (Phi) is 4.82. The highest BCUT2D eigenvalue weighted by Crippen LogP contribution is 2.53. The molecule has 4 heterocycles. The average Bonchev–Trinajstić information content (AvgIpc) is 3.47. The molecule has 1 aliphatic heterocycles. The molecular weight excluding hydrogens is 473 g/mol. The number of hydrogen-bond acceptors (Lipinski definition) is 6. The Morgan fingerprint density at radius 1 is 1.18 bits per heavy atom. The number of aromatic nitrogens is 4. The Morgan fingerprint density at radius 3 is 2.76 bits per heavy atom. The van der Waals surface area contributed by atoms with E-state index in [1.54, 1.807) is 6.20 Å².